The Bertz CT molecular complexity index is 1670. The predicted molar refractivity (Wildman–Crippen MR) is 184 cm³/mol. The zero-order valence-corrected chi connectivity index (χ0v) is 28.1. The van der Waals surface area contributed by atoms with Crippen molar-refractivity contribution >= 4 is 23.8 Å². The van der Waals surface area contributed by atoms with Gasteiger partial charge in [0.15, 0.2) is 11.5 Å². The molecule has 0 bridgehead atoms. The lowest BCUT2D eigenvalue weighted by Gasteiger charge is -2.20. The first-order valence-corrected chi connectivity index (χ1v) is 17.2. The van der Waals surface area contributed by atoms with Gasteiger partial charge in [-0.3, -0.25) is 19.2 Å². The summed E-state index contributed by atoms with van der Waals surface area (Å²) in [5.74, 6) is 0.517. The third-order valence-corrected chi connectivity index (χ3v) is 8.68. The van der Waals surface area contributed by atoms with Gasteiger partial charge in [0, 0.05) is 44.5 Å². The minimum atomic E-state index is -0.884. The maximum absolute atomic E-state index is 13.6. The fourth-order valence-electron chi connectivity index (χ4n) is 6.06. The number of unbranched alkanes of at least 4 members (excludes halogenated alkanes) is 3. The lowest BCUT2D eigenvalue weighted by atomic mass is 9.97. The van der Waals surface area contributed by atoms with Crippen LogP contribution in [0.2, 0.25) is 0 Å². The molecule has 266 valence electrons. The van der Waals surface area contributed by atoms with Crippen molar-refractivity contribution in [2.45, 2.75) is 64.2 Å². The van der Waals surface area contributed by atoms with Crippen molar-refractivity contribution in [1.82, 2.24) is 10.2 Å². The zero-order valence-electron chi connectivity index (χ0n) is 28.1. The van der Waals surface area contributed by atoms with E-state index in [9.17, 15) is 24.3 Å². The van der Waals surface area contributed by atoms with Gasteiger partial charge in [0.05, 0.1) is 13.2 Å². The summed E-state index contributed by atoms with van der Waals surface area (Å²) in [6.45, 7) is 2.07. The van der Waals surface area contributed by atoms with Crippen molar-refractivity contribution < 1.29 is 48.3 Å². The van der Waals surface area contributed by atoms with Crippen molar-refractivity contribution in [1.29, 1.82) is 0 Å². The molecule has 50 heavy (non-hydrogen) atoms. The van der Waals surface area contributed by atoms with Crippen LogP contribution >= 0.6 is 0 Å². The number of amides is 2. The molecule has 2 heterocycles. The highest BCUT2D eigenvalue weighted by Gasteiger charge is 2.22. The monoisotopic (exact) mass is 688 g/mol. The number of aliphatic carboxylic acids is 2. The van der Waals surface area contributed by atoms with Gasteiger partial charge in [0.1, 0.15) is 11.5 Å². The molecule has 0 aliphatic carbocycles. The van der Waals surface area contributed by atoms with Crippen LogP contribution in [0.1, 0.15) is 72.9 Å². The molecule has 3 aromatic rings. The Morgan fingerprint density at radius 3 is 2.42 bits per heavy atom. The molecule has 1 saturated heterocycles. The molecule has 0 saturated carbocycles. The maximum atomic E-state index is 13.6. The number of hydrogen-bond acceptors (Lipinski definition) is 8. The molecule has 3 N–H and O–H groups in total. The van der Waals surface area contributed by atoms with E-state index in [1.54, 1.807) is 11.0 Å². The summed E-state index contributed by atoms with van der Waals surface area (Å²) in [6, 6.07) is 16.9. The van der Waals surface area contributed by atoms with Crippen molar-refractivity contribution in [3.63, 3.8) is 0 Å². The Morgan fingerprint density at radius 1 is 0.780 bits per heavy atom. The van der Waals surface area contributed by atoms with Crippen LogP contribution in [-0.4, -0.2) is 78.5 Å². The van der Waals surface area contributed by atoms with Gasteiger partial charge in [-0.05, 0) is 90.8 Å². The van der Waals surface area contributed by atoms with Crippen LogP contribution in [0.3, 0.4) is 0 Å². The van der Waals surface area contributed by atoms with E-state index in [1.807, 2.05) is 48.5 Å². The molecule has 12 heteroatoms. The number of carbonyl (C=O) groups is 4. The van der Waals surface area contributed by atoms with Crippen LogP contribution in [0.25, 0.3) is 11.1 Å². The van der Waals surface area contributed by atoms with Gasteiger partial charge >= 0.3 is 11.9 Å². The largest absolute Gasteiger partial charge is 0.494 e. The maximum Gasteiger partial charge on any atom is 0.303 e. The quantitative estimate of drug-likeness (QED) is 0.146. The van der Waals surface area contributed by atoms with Crippen LogP contribution in [0.4, 0.5) is 0 Å². The Labute approximate surface area is 291 Å². The normalized spacial score (nSPS) is 13.8. The molecule has 0 aromatic heterocycles. The number of rotatable bonds is 18. The van der Waals surface area contributed by atoms with Gasteiger partial charge in [-0.2, -0.15) is 0 Å². The van der Waals surface area contributed by atoms with Gasteiger partial charge in [0.2, 0.25) is 12.7 Å². The molecule has 2 amide bonds. The van der Waals surface area contributed by atoms with Gasteiger partial charge in [-0.25, -0.2) is 0 Å². The number of benzene rings is 3. The summed E-state index contributed by atoms with van der Waals surface area (Å²) in [5, 5.41) is 21.0. The predicted octanol–water partition coefficient (Wildman–Crippen LogP) is 5.49. The van der Waals surface area contributed by atoms with E-state index in [1.165, 1.54) is 0 Å². The summed E-state index contributed by atoms with van der Waals surface area (Å²) in [6.07, 6.45) is 5.29. The first-order valence-electron chi connectivity index (χ1n) is 17.2. The van der Waals surface area contributed by atoms with Crippen LogP contribution in [0, 0.1) is 0 Å². The number of nitrogens with zero attached hydrogens (tertiary/aromatic N) is 1. The minimum absolute atomic E-state index is 0.0121. The molecule has 5 rings (SSSR count). The van der Waals surface area contributed by atoms with E-state index in [4.69, 9.17) is 24.1 Å². The van der Waals surface area contributed by atoms with E-state index < -0.39 is 11.9 Å². The topological polar surface area (TPSA) is 161 Å². The molecule has 0 atom stereocenters. The molecule has 0 spiro atoms. The molecule has 0 radical (unpaired) electrons. The van der Waals surface area contributed by atoms with Gasteiger partial charge < -0.3 is 39.4 Å². The van der Waals surface area contributed by atoms with E-state index in [2.05, 4.69) is 5.32 Å². The highest BCUT2D eigenvalue weighted by Crippen LogP contribution is 2.37. The lowest BCUT2D eigenvalue weighted by molar-refractivity contribution is -0.138. The van der Waals surface area contributed by atoms with Gasteiger partial charge in [-0.1, -0.05) is 31.0 Å². The minimum Gasteiger partial charge on any atom is -0.494 e. The Kier molecular flexibility index (Phi) is 12.9. The molecule has 2 aliphatic heterocycles. The number of fused-ring (bicyclic) bond motifs is 1. The molecular formula is C38H44N2O10. The van der Waals surface area contributed by atoms with Crippen molar-refractivity contribution in [3.05, 3.63) is 71.3 Å². The van der Waals surface area contributed by atoms with E-state index in [0.717, 1.165) is 54.4 Å². The average Bonchev–Trinajstić information content (AvgIpc) is 3.47. The second-order valence-corrected chi connectivity index (χ2v) is 12.4. The molecule has 1 fully saturated rings. The fraction of sp³-hybridized carbons (Fsp3) is 0.421. The molecular weight excluding hydrogens is 644 g/mol. The zero-order chi connectivity index (χ0) is 35.3. The third-order valence-electron chi connectivity index (χ3n) is 8.68. The highest BCUT2D eigenvalue weighted by molar-refractivity contribution is 5.96. The number of nitrogens with one attached hydrogen (secondary N) is 1. The van der Waals surface area contributed by atoms with Crippen molar-refractivity contribution in [2.75, 3.05) is 39.6 Å². The first kappa shape index (κ1) is 36.0. The summed E-state index contributed by atoms with van der Waals surface area (Å²) >= 11 is 0. The molecule has 0 unspecified atom stereocenters. The summed E-state index contributed by atoms with van der Waals surface area (Å²) in [4.78, 5) is 49.3. The summed E-state index contributed by atoms with van der Waals surface area (Å²) in [7, 11) is 0. The molecule has 3 aromatic carbocycles. The number of aryl methyl sites for hydroxylation is 1. The number of ether oxygens (including phenoxy) is 4. The standard InChI is InChI=1S/C38H44N2O10/c41-35-15-17-40(18-16-39-35)38(46)29-21-28(27-11-13-33-34(24-27)50-25-49-33)22-30(23-29)47-19-4-2-1-3-7-26-8-5-9-32(31(26)12-14-37(44)45)48-20-6-10-36(42)43/h5,8-9,11,13,21-24H,1-4,6-7,10,12,14-20,25H2,(H,39,41)(H,42,43)(H,44,45). The first-order chi connectivity index (χ1) is 24.3. The number of hydrogen-bond donors (Lipinski definition) is 3. The van der Waals surface area contributed by atoms with Crippen LogP contribution in [0.5, 0.6) is 23.0 Å². The Hall–Kier alpha value is -5.26. The lowest BCUT2D eigenvalue weighted by Crippen LogP contribution is -2.34. The van der Waals surface area contributed by atoms with Crippen molar-refractivity contribution in [2.24, 2.45) is 0 Å². The third kappa shape index (κ3) is 10.4. The summed E-state index contributed by atoms with van der Waals surface area (Å²) < 4.78 is 23.1. The van der Waals surface area contributed by atoms with Crippen LogP contribution < -0.4 is 24.3 Å². The SMILES string of the molecule is O=C(O)CCCOc1cccc(CCCCCCOc2cc(C(=O)N3CCNC(=O)CC3)cc(-c3ccc4c(c3)OCO4)c2)c1CCC(=O)O. The molecule has 2 aliphatic rings. The number of carbonyl (C=O) groups excluding carboxylic acids is 2. The van der Waals surface area contributed by atoms with Gasteiger partial charge in [0.25, 0.3) is 5.91 Å². The highest BCUT2D eigenvalue weighted by atomic mass is 16.7. The van der Waals surface area contributed by atoms with E-state index in [-0.39, 0.29) is 44.5 Å². The van der Waals surface area contributed by atoms with Crippen LogP contribution in [0.15, 0.2) is 54.6 Å². The van der Waals surface area contributed by atoms with E-state index >= 15 is 0 Å². The summed E-state index contributed by atoms with van der Waals surface area (Å²) in [5.41, 5.74) is 4.06. The van der Waals surface area contributed by atoms with Crippen molar-refractivity contribution in [3.8, 4) is 34.1 Å². The average molecular weight is 689 g/mol. The fourth-order valence-corrected chi connectivity index (χ4v) is 6.06. The second kappa shape index (κ2) is 17.9. The molecule has 12 nitrogen and oxygen atoms in total. The number of carboxylic acid groups (broad SMARTS) is 2. The Balaban J connectivity index is 1.17. The van der Waals surface area contributed by atoms with E-state index in [0.29, 0.717) is 67.6 Å². The van der Waals surface area contributed by atoms with Gasteiger partial charge in [-0.15, -0.1) is 0 Å². The smallest absolute Gasteiger partial charge is 0.303 e. The number of carboxylic acids is 2. The second-order valence-electron chi connectivity index (χ2n) is 12.4. The van der Waals surface area contributed by atoms with Crippen LogP contribution in [-0.2, 0) is 27.2 Å². The Morgan fingerprint density at radius 2 is 1.58 bits per heavy atom.